The van der Waals surface area contributed by atoms with Crippen molar-refractivity contribution < 1.29 is 14.6 Å². The van der Waals surface area contributed by atoms with Crippen molar-refractivity contribution in [1.29, 1.82) is 0 Å². The molecule has 0 aliphatic heterocycles. The molecule has 0 radical (unpaired) electrons. The summed E-state index contributed by atoms with van der Waals surface area (Å²) >= 11 is 3.42. The van der Waals surface area contributed by atoms with E-state index >= 15 is 0 Å². The second-order valence-electron chi connectivity index (χ2n) is 5.64. The van der Waals surface area contributed by atoms with Crippen molar-refractivity contribution in [3.05, 3.63) is 28.2 Å². The van der Waals surface area contributed by atoms with Gasteiger partial charge in [0.2, 0.25) is 0 Å². The van der Waals surface area contributed by atoms with Crippen LogP contribution in [0.25, 0.3) is 0 Å². The quantitative estimate of drug-likeness (QED) is 0.897. The largest absolute Gasteiger partial charge is 0.493 e. The van der Waals surface area contributed by atoms with Crippen LogP contribution in [0.2, 0.25) is 0 Å². The molecule has 1 aromatic rings. The first-order valence-corrected chi connectivity index (χ1v) is 7.57. The number of carboxylic acids is 1. The zero-order chi connectivity index (χ0) is 13.5. The fourth-order valence-electron chi connectivity index (χ4n) is 2.59. The van der Waals surface area contributed by atoms with Gasteiger partial charge in [0, 0.05) is 10.0 Å². The molecule has 2 saturated carbocycles. The highest BCUT2D eigenvalue weighted by Crippen LogP contribution is 2.52. The van der Waals surface area contributed by atoms with Gasteiger partial charge in [-0.25, -0.2) is 0 Å². The summed E-state index contributed by atoms with van der Waals surface area (Å²) in [5, 5.41) is 9.44. The average molecular weight is 325 g/mol. The molecular weight excluding hydrogens is 308 g/mol. The predicted molar refractivity (Wildman–Crippen MR) is 75.5 cm³/mol. The summed E-state index contributed by atoms with van der Waals surface area (Å²) in [7, 11) is 0. The van der Waals surface area contributed by atoms with E-state index in [4.69, 9.17) is 4.74 Å². The Labute approximate surface area is 121 Å². The zero-order valence-corrected chi connectivity index (χ0v) is 12.3. The summed E-state index contributed by atoms with van der Waals surface area (Å²) in [6.45, 7) is 0.713. The Morgan fingerprint density at radius 2 is 2.16 bits per heavy atom. The molecule has 0 atom stereocenters. The van der Waals surface area contributed by atoms with E-state index in [0.717, 1.165) is 15.8 Å². The third-order valence-electron chi connectivity index (χ3n) is 4.32. The Morgan fingerprint density at radius 1 is 1.42 bits per heavy atom. The molecule has 4 heteroatoms. The van der Waals surface area contributed by atoms with Crippen molar-refractivity contribution in [3.8, 4) is 5.75 Å². The number of hydrogen-bond donors (Lipinski definition) is 1. The van der Waals surface area contributed by atoms with Crippen molar-refractivity contribution in [3.63, 3.8) is 0 Å². The van der Waals surface area contributed by atoms with Crippen molar-refractivity contribution in [2.24, 2.45) is 5.92 Å². The van der Waals surface area contributed by atoms with Gasteiger partial charge in [0.15, 0.2) is 0 Å². The van der Waals surface area contributed by atoms with Crippen molar-refractivity contribution in [2.75, 3.05) is 6.61 Å². The van der Waals surface area contributed by atoms with Crippen LogP contribution in [0.15, 0.2) is 22.7 Å². The first-order chi connectivity index (χ1) is 9.12. The molecular formula is C15H17BrO3. The van der Waals surface area contributed by atoms with E-state index in [1.165, 1.54) is 19.3 Å². The molecule has 0 saturated heterocycles. The molecule has 3 rings (SSSR count). The van der Waals surface area contributed by atoms with Gasteiger partial charge in [0.25, 0.3) is 0 Å². The minimum atomic E-state index is -0.737. The molecule has 19 heavy (non-hydrogen) atoms. The first-order valence-electron chi connectivity index (χ1n) is 6.78. The third-order valence-corrected chi connectivity index (χ3v) is 4.81. The maximum atomic E-state index is 11.5. The lowest BCUT2D eigenvalue weighted by molar-refractivity contribution is -0.140. The Bertz CT molecular complexity index is 504. The van der Waals surface area contributed by atoms with Crippen LogP contribution in [0.4, 0.5) is 0 Å². The van der Waals surface area contributed by atoms with Gasteiger partial charge in [-0.1, -0.05) is 22.4 Å². The number of halogens is 1. The molecule has 102 valence electrons. The first kappa shape index (κ1) is 13.0. The van der Waals surface area contributed by atoms with E-state index in [2.05, 4.69) is 15.9 Å². The summed E-state index contributed by atoms with van der Waals surface area (Å²) in [6.07, 6.45) is 5.17. The summed E-state index contributed by atoms with van der Waals surface area (Å²) in [5.74, 6) is 0.658. The van der Waals surface area contributed by atoms with Gasteiger partial charge in [-0.15, -0.1) is 0 Å². The molecule has 0 heterocycles. The van der Waals surface area contributed by atoms with Crippen LogP contribution in [0.1, 0.15) is 37.7 Å². The molecule has 2 aliphatic rings. The maximum absolute atomic E-state index is 11.5. The van der Waals surface area contributed by atoms with Gasteiger partial charge in [-0.3, -0.25) is 4.79 Å². The van der Waals surface area contributed by atoms with Crippen molar-refractivity contribution in [1.82, 2.24) is 0 Å². The van der Waals surface area contributed by atoms with Gasteiger partial charge in [-0.2, -0.15) is 0 Å². The monoisotopic (exact) mass is 324 g/mol. The second-order valence-corrected chi connectivity index (χ2v) is 6.55. The normalized spacial score (nSPS) is 20.7. The molecule has 0 amide bonds. The van der Waals surface area contributed by atoms with E-state index in [1.54, 1.807) is 0 Å². The lowest BCUT2D eigenvalue weighted by Crippen LogP contribution is -2.23. The standard InChI is InChI=1S/C15H17BrO3/c16-11-4-5-13(19-9-10-2-1-3-10)12(8-11)15(6-7-15)14(17)18/h4-5,8,10H,1-3,6-7,9H2,(H,17,18). The summed E-state index contributed by atoms with van der Waals surface area (Å²) < 4.78 is 6.80. The van der Waals surface area contributed by atoms with Crippen LogP contribution in [-0.2, 0) is 10.2 Å². The Kier molecular flexibility index (Phi) is 3.29. The van der Waals surface area contributed by atoms with Crippen LogP contribution in [-0.4, -0.2) is 17.7 Å². The van der Waals surface area contributed by atoms with E-state index in [9.17, 15) is 9.90 Å². The fraction of sp³-hybridized carbons (Fsp3) is 0.533. The molecule has 0 aromatic heterocycles. The molecule has 2 fully saturated rings. The summed E-state index contributed by atoms with van der Waals surface area (Å²) in [6, 6.07) is 5.70. The highest BCUT2D eigenvalue weighted by molar-refractivity contribution is 9.10. The Hall–Kier alpha value is -1.03. The number of rotatable bonds is 5. The third kappa shape index (κ3) is 2.38. The number of benzene rings is 1. The topological polar surface area (TPSA) is 46.5 Å². The van der Waals surface area contributed by atoms with Crippen LogP contribution >= 0.6 is 15.9 Å². The van der Waals surface area contributed by atoms with Gasteiger partial charge in [-0.05, 0) is 49.8 Å². The van der Waals surface area contributed by atoms with Crippen LogP contribution in [0.5, 0.6) is 5.75 Å². The maximum Gasteiger partial charge on any atom is 0.314 e. The smallest absolute Gasteiger partial charge is 0.314 e. The van der Waals surface area contributed by atoms with E-state index < -0.39 is 11.4 Å². The number of carbonyl (C=O) groups is 1. The highest BCUT2D eigenvalue weighted by atomic mass is 79.9. The molecule has 1 aromatic carbocycles. The van der Waals surface area contributed by atoms with Crippen LogP contribution < -0.4 is 4.74 Å². The molecule has 3 nitrogen and oxygen atoms in total. The summed E-state index contributed by atoms with van der Waals surface area (Å²) in [5.41, 5.74) is 0.118. The molecule has 0 spiro atoms. The zero-order valence-electron chi connectivity index (χ0n) is 10.7. The highest BCUT2D eigenvalue weighted by Gasteiger charge is 2.53. The fourth-order valence-corrected chi connectivity index (χ4v) is 2.95. The van der Waals surface area contributed by atoms with E-state index in [1.807, 2.05) is 18.2 Å². The van der Waals surface area contributed by atoms with Crippen molar-refractivity contribution >= 4 is 21.9 Å². The lowest BCUT2D eigenvalue weighted by atomic mass is 9.86. The van der Waals surface area contributed by atoms with Gasteiger partial charge >= 0.3 is 5.97 Å². The van der Waals surface area contributed by atoms with Crippen molar-refractivity contribution in [2.45, 2.75) is 37.5 Å². The average Bonchev–Trinajstić information content (AvgIpc) is 3.10. The summed E-state index contributed by atoms with van der Waals surface area (Å²) in [4.78, 5) is 11.5. The number of hydrogen-bond acceptors (Lipinski definition) is 2. The number of ether oxygens (including phenoxy) is 1. The van der Waals surface area contributed by atoms with E-state index in [0.29, 0.717) is 25.4 Å². The predicted octanol–water partition coefficient (Wildman–Crippen LogP) is 3.74. The van der Waals surface area contributed by atoms with Gasteiger partial charge in [0.1, 0.15) is 5.75 Å². The van der Waals surface area contributed by atoms with Crippen LogP contribution in [0.3, 0.4) is 0 Å². The molecule has 2 aliphatic carbocycles. The second kappa shape index (κ2) is 4.82. The van der Waals surface area contributed by atoms with Crippen LogP contribution in [0, 0.1) is 5.92 Å². The number of aliphatic carboxylic acids is 1. The Balaban J connectivity index is 1.84. The Morgan fingerprint density at radius 3 is 2.68 bits per heavy atom. The minimum Gasteiger partial charge on any atom is -0.493 e. The molecule has 0 bridgehead atoms. The molecule has 0 unspecified atom stereocenters. The van der Waals surface area contributed by atoms with Gasteiger partial charge < -0.3 is 9.84 Å². The number of carboxylic acid groups (broad SMARTS) is 1. The lowest BCUT2D eigenvalue weighted by Gasteiger charge is -2.26. The van der Waals surface area contributed by atoms with Gasteiger partial charge in [0.05, 0.1) is 12.0 Å². The SMILES string of the molecule is O=C(O)C1(c2cc(Br)ccc2OCC2CCC2)CC1. The molecule has 1 N–H and O–H groups in total. The van der Waals surface area contributed by atoms with E-state index in [-0.39, 0.29) is 0 Å². The minimum absolute atomic E-state index is 0.650.